The molecule has 3 rings (SSSR count). The molecule has 2 heterocycles. The number of benzene rings is 1. The second-order valence-electron chi connectivity index (χ2n) is 6.12. The Bertz CT molecular complexity index is 686. The van der Waals surface area contributed by atoms with Crippen molar-refractivity contribution in [1.29, 1.82) is 0 Å². The summed E-state index contributed by atoms with van der Waals surface area (Å²) in [7, 11) is 2.16. The molecule has 1 aliphatic rings. The Hall–Kier alpha value is -2.37. The van der Waals surface area contributed by atoms with Gasteiger partial charge in [0, 0.05) is 44.5 Å². The lowest BCUT2D eigenvalue weighted by Crippen LogP contribution is -2.43. The van der Waals surface area contributed by atoms with Crippen LogP contribution >= 0.6 is 0 Å². The smallest absolute Gasteiger partial charge is 0.248 e. The molecule has 0 bridgehead atoms. The van der Waals surface area contributed by atoms with Gasteiger partial charge in [0.25, 0.3) is 0 Å². The van der Waals surface area contributed by atoms with E-state index in [9.17, 15) is 4.79 Å². The van der Waals surface area contributed by atoms with Gasteiger partial charge < -0.3 is 14.6 Å². The molecule has 1 aliphatic heterocycles. The molecule has 2 aromatic rings. The van der Waals surface area contributed by atoms with Crippen LogP contribution in [0.15, 0.2) is 53.2 Å². The Morgan fingerprint density at radius 1 is 1.21 bits per heavy atom. The van der Waals surface area contributed by atoms with Crippen molar-refractivity contribution in [2.24, 2.45) is 0 Å². The summed E-state index contributed by atoms with van der Waals surface area (Å²) in [5.74, 6) is 0.497. The summed E-state index contributed by atoms with van der Waals surface area (Å²) in [5, 5.41) is 2.89. The third-order valence-corrected chi connectivity index (χ3v) is 4.14. The molecule has 0 spiro atoms. The Labute approximate surface area is 142 Å². The van der Waals surface area contributed by atoms with Crippen LogP contribution in [0, 0.1) is 0 Å². The van der Waals surface area contributed by atoms with Crippen LogP contribution in [0.25, 0.3) is 6.08 Å². The maximum absolute atomic E-state index is 12.0. The fourth-order valence-corrected chi connectivity index (χ4v) is 2.74. The van der Waals surface area contributed by atoms with Crippen molar-refractivity contribution < 1.29 is 9.21 Å². The Balaban J connectivity index is 1.55. The van der Waals surface area contributed by atoms with Crippen molar-refractivity contribution in [2.45, 2.75) is 6.54 Å². The van der Waals surface area contributed by atoms with E-state index in [1.54, 1.807) is 24.5 Å². The number of carbonyl (C=O) groups is 1. The van der Waals surface area contributed by atoms with Crippen molar-refractivity contribution >= 4 is 17.7 Å². The van der Waals surface area contributed by atoms with E-state index < -0.39 is 0 Å². The van der Waals surface area contributed by atoms with Gasteiger partial charge in [-0.25, -0.2) is 0 Å². The number of nitrogens with one attached hydrogen (secondary N) is 1. The van der Waals surface area contributed by atoms with E-state index in [-0.39, 0.29) is 5.91 Å². The van der Waals surface area contributed by atoms with Crippen LogP contribution in [0.5, 0.6) is 0 Å². The standard InChI is InChI=1S/C19H23N3O2/c1-21-9-11-22(12-10-21)15-16-4-2-5-17(14-16)20-19(23)8-7-18-6-3-13-24-18/h2-8,13-14H,9-12,15H2,1H3,(H,20,23)/b8-7-. The number of carbonyl (C=O) groups excluding carboxylic acids is 1. The minimum absolute atomic E-state index is 0.164. The lowest BCUT2D eigenvalue weighted by Gasteiger charge is -2.32. The number of likely N-dealkylation sites (N-methyl/N-ethyl adjacent to an activating group) is 1. The Morgan fingerprint density at radius 2 is 2.04 bits per heavy atom. The van der Waals surface area contributed by atoms with Crippen LogP contribution in [0.3, 0.4) is 0 Å². The SMILES string of the molecule is CN1CCN(Cc2cccc(NC(=O)/C=C\c3ccco3)c2)CC1. The minimum atomic E-state index is -0.164. The van der Waals surface area contributed by atoms with Gasteiger partial charge in [-0.1, -0.05) is 12.1 Å². The molecule has 5 nitrogen and oxygen atoms in total. The van der Waals surface area contributed by atoms with Gasteiger partial charge in [0.1, 0.15) is 5.76 Å². The highest BCUT2D eigenvalue weighted by molar-refractivity contribution is 6.01. The van der Waals surface area contributed by atoms with Gasteiger partial charge >= 0.3 is 0 Å². The number of anilines is 1. The van der Waals surface area contributed by atoms with Gasteiger partial charge in [-0.2, -0.15) is 0 Å². The maximum Gasteiger partial charge on any atom is 0.248 e. The molecular weight excluding hydrogens is 302 g/mol. The summed E-state index contributed by atoms with van der Waals surface area (Å²) in [5.41, 5.74) is 2.03. The van der Waals surface area contributed by atoms with Gasteiger partial charge in [0.15, 0.2) is 0 Å². The number of hydrogen-bond donors (Lipinski definition) is 1. The fraction of sp³-hybridized carbons (Fsp3) is 0.316. The predicted molar refractivity (Wildman–Crippen MR) is 95.6 cm³/mol. The second kappa shape index (κ2) is 7.95. The van der Waals surface area contributed by atoms with Crippen LogP contribution in [-0.2, 0) is 11.3 Å². The van der Waals surface area contributed by atoms with Crippen LogP contribution in [0.2, 0.25) is 0 Å². The largest absolute Gasteiger partial charge is 0.465 e. The van der Waals surface area contributed by atoms with E-state index in [1.165, 1.54) is 11.6 Å². The monoisotopic (exact) mass is 325 g/mol. The average molecular weight is 325 g/mol. The molecule has 126 valence electrons. The zero-order valence-corrected chi connectivity index (χ0v) is 13.9. The molecule has 0 saturated carbocycles. The van der Waals surface area contributed by atoms with Crippen molar-refractivity contribution in [3.05, 3.63) is 60.1 Å². The molecule has 1 saturated heterocycles. The first kappa shape index (κ1) is 16.5. The van der Waals surface area contributed by atoms with Gasteiger partial charge in [-0.15, -0.1) is 0 Å². The number of piperazine rings is 1. The first-order valence-electron chi connectivity index (χ1n) is 8.21. The number of rotatable bonds is 5. The van der Waals surface area contributed by atoms with E-state index in [0.717, 1.165) is 38.4 Å². The van der Waals surface area contributed by atoms with E-state index in [2.05, 4.69) is 28.2 Å². The summed E-state index contributed by atoms with van der Waals surface area (Å²) < 4.78 is 5.17. The third-order valence-electron chi connectivity index (χ3n) is 4.14. The molecule has 1 aromatic heterocycles. The van der Waals surface area contributed by atoms with Crippen molar-refractivity contribution in [3.8, 4) is 0 Å². The van der Waals surface area contributed by atoms with Gasteiger partial charge in [-0.05, 0) is 43.0 Å². The van der Waals surface area contributed by atoms with Gasteiger partial charge in [0.05, 0.1) is 6.26 Å². The topological polar surface area (TPSA) is 48.7 Å². The molecule has 1 aromatic carbocycles. The van der Waals surface area contributed by atoms with Crippen LogP contribution < -0.4 is 5.32 Å². The highest BCUT2D eigenvalue weighted by Crippen LogP contribution is 2.14. The van der Waals surface area contributed by atoms with Crippen molar-refractivity contribution in [3.63, 3.8) is 0 Å². The molecule has 0 aliphatic carbocycles. The number of hydrogen-bond acceptors (Lipinski definition) is 4. The lowest BCUT2D eigenvalue weighted by atomic mass is 10.1. The molecule has 1 amide bonds. The maximum atomic E-state index is 12.0. The molecule has 0 radical (unpaired) electrons. The van der Waals surface area contributed by atoms with Crippen LogP contribution in [0.4, 0.5) is 5.69 Å². The predicted octanol–water partition coefficient (Wildman–Crippen LogP) is 2.68. The zero-order valence-electron chi connectivity index (χ0n) is 13.9. The Kier molecular flexibility index (Phi) is 5.46. The molecule has 5 heteroatoms. The zero-order chi connectivity index (χ0) is 16.8. The molecular formula is C19H23N3O2. The first-order valence-corrected chi connectivity index (χ1v) is 8.21. The molecule has 1 N–H and O–H groups in total. The second-order valence-corrected chi connectivity index (χ2v) is 6.12. The number of amides is 1. The van der Waals surface area contributed by atoms with E-state index in [4.69, 9.17) is 4.42 Å². The highest BCUT2D eigenvalue weighted by Gasteiger charge is 2.13. The van der Waals surface area contributed by atoms with E-state index in [1.807, 2.05) is 18.2 Å². The summed E-state index contributed by atoms with van der Waals surface area (Å²) in [6.45, 7) is 5.29. The normalized spacial score (nSPS) is 16.5. The quantitative estimate of drug-likeness (QED) is 0.859. The van der Waals surface area contributed by atoms with Crippen LogP contribution in [0.1, 0.15) is 11.3 Å². The van der Waals surface area contributed by atoms with E-state index >= 15 is 0 Å². The van der Waals surface area contributed by atoms with Gasteiger partial charge in [-0.3, -0.25) is 9.69 Å². The third kappa shape index (κ3) is 4.81. The lowest BCUT2D eigenvalue weighted by molar-refractivity contribution is -0.111. The summed E-state index contributed by atoms with van der Waals surface area (Å²) in [4.78, 5) is 16.8. The first-order chi connectivity index (χ1) is 11.7. The summed E-state index contributed by atoms with van der Waals surface area (Å²) >= 11 is 0. The Morgan fingerprint density at radius 3 is 2.79 bits per heavy atom. The van der Waals surface area contributed by atoms with E-state index in [0.29, 0.717) is 5.76 Å². The van der Waals surface area contributed by atoms with Gasteiger partial charge in [0.2, 0.25) is 5.91 Å². The fourth-order valence-electron chi connectivity index (χ4n) is 2.74. The summed E-state index contributed by atoms with van der Waals surface area (Å²) in [6.07, 6.45) is 4.72. The average Bonchev–Trinajstić information content (AvgIpc) is 3.09. The van der Waals surface area contributed by atoms with Crippen LogP contribution in [-0.4, -0.2) is 48.9 Å². The highest BCUT2D eigenvalue weighted by atomic mass is 16.3. The number of furan rings is 1. The minimum Gasteiger partial charge on any atom is -0.465 e. The molecule has 1 fully saturated rings. The van der Waals surface area contributed by atoms with Crippen molar-refractivity contribution in [1.82, 2.24) is 9.80 Å². The summed E-state index contributed by atoms with van der Waals surface area (Å²) in [6, 6.07) is 11.6. The van der Waals surface area contributed by atoms with Crippen molar-refractivity contribution in [2.75, 3.05) is 38.5 Å². The molecule has 0 atom stereocenters. The number of nitrogens with zero attached hydrogens (tertiary/aromatic N) is 2. The molecule has 0 unspecified atom stereocenters. The molecule has 24 heavy (non-hydrogen) atoms.